The molecule has 0 aliphatic heterocycles. The van der Waals surface area contributed by atoms with E-state index in [-0.39, 0.29) is 0 Å². The van der Waals surface area contributed by atoms with Gasteiger partial charge in [-0.2, -0.15) is 0 Å². The summed E-state index contributed by atoms with van der Waals surface area (Å²) in [6.07, 6.45) is 3.95. The summed E-state index contributed by atoms with van der Waals surface area (Å²) in [5.74, 6) is 2.53. The number of aromatic nitrogens is 1. The summed E-state index contributed by atoms with van der Waals surface area (Å²) in [5.41, 5.74) is 1.94. The molecule has 3 rings (SSSR count). The number of hydrogen-bond acceptors (Lipinski definition) is 5. The molecule has 1 N–H and O–H groups in total. The summed E-state index contributed by atoms with van der Waals surface area (Å²) in [7, 11) is 4.77. The third-order valence-corrected chi connectivity index (χ3v) is 4.36. The standard InChI is InChI=1S/C21H24NO5/c1-5-27-17-6-7-18-15(12-22(23)13-16(18)11-17)8-14-9-19(24-2)21(26-4)20(10-14)25-3/h6-7,9-13,23H,5,8H2,1-4H3/q+1. The van der Waals surface area contributed by atoms with Gasteiger partial charge in [-0.25, -0.2) is 0 Å². The highest BCUT2D eigenvalue weighted by Gasteiger charge is 2.16. The van der Waals surface area contributed by atoms with Crippen LogP contribution in [0.2, 0.25) is 0 Å². The molecule has 142 valence electrons. The molecule has 0 fully saturated rings. The van der Waals surface area contributed by atoms with Gasteiger partial charge in [-0.3, -0.25) is 5.21 Å². The summed E-state index contributed by atoms with van der Waals surface area (Å²) in [4.78, 5) is 0. The first-order valence-electron chi connectivity index (χ1n) is 8.68. The van der Waals surface area contributed by atoms with Gasteiger partial charge in [0.15, 0.2) is 11.5 Å². The summed E-state index contributed by atoms with van der Waals surface area (Å²) in [5, 5.41) is 12.0. The first-order valence-corrected chi connectivity index (χ1v) is 8.68. The molecule has 1 heterocycles. The number of benzene rings is 2. The molecule has 6 heteroatoms. The van der Waals surface area contributed by atoms with E-state index in [0.29, 0.717) is 30.3 Å². The molecule has 0 saturated carbocycles. The maximum atomic E-state index is 10.1. The Morgan fingerprint density at radius 1 is 0.926 bits per heavy atom. The van der Waals surface area contributed by atoms with Crippen LogP contribution in [0.4, 0.5) is 0 Å². The van der Waals surface area contributed by atoms with E-state index in [0.717, 1.165) is 32.4 Å². The first kappa shape index (κ1) is 18.6. The fourth-order valence-corrected chi connectivity index (χ4v) is 3.20. The molecule has 0 atom stereocenters. The Morgan fingerprint density at radius 3 is 2.22 bits per heavy atom. The SMILES string of the molecule is CCOc1ccc2c(Cc3cc(OC)c(OC)c(OC)c3)c[n+](O)cc2c1. The lowest BCUT2D eigenvalue weighted by atomic mass is 10.00. The zero-order chi connectivity index (χ0) is 19.4. The molecule has 0 spiro atoms. The molecule has 27 heavy (non-hydrogen) atoms. The van der Waals surface area contributed by atoms with Crippen molar-refractivity contribution in [3.05, 3.63) is 53.9 Å². The normalized spacial score (nSPS) is 10.7. The van der Waals surface area contributed by atoms with Crippen LogP contribution in [0.25, 0.3) is 10.8 Å². The second-order valence-electron chi connectivity index (χ2n) is 6.06. The fraction of sp³-hybridized carbons (Fsp3) is 0.286. The van der Waals surface area contributed by atoms with Gasteiger partial charge in [-0.15, -0.1) is 0 Å². The highest BCUT2D eigenvalue weighted by atomic mass is 16.5. The topological polar surface area (TPSA) is 61.0 Å². The van der Waals surface area contributed by atoms with Gasteiger partial charge in [0.05, 0.1) is 33.3 Å². The highest BCUT2D eigenvalue weighted by Crippen LogP contribution is 2.39. The molecule has 0 radical (unpaired) electrons. The van der Waals surface area contributed by atoms with Crippen LogP contribution < -0.4 is 23.7 Å². The molecule has 0 bridgehead atoms. The van der Waals surface area contributed by atoms with Gasteiger partial charge in [0.25, 0.3) is 0 Å². The van der Waals surface area contributed by atoms with E-state index < -0.39 is 0 Å². The van der Waals surface area contributed by atoms with Gasteiger partial charge in [0.1, 0.15) is 5.75 Å². The maximum Gasteiger partial charge on any atom is 0.230 e. The Bertz CT molecular complexity index is 930. The van der Waals surface area contributed by atoms with Crippen molar-refractivity contribution in [1.29, 1.82) is 0 Å². The molecule has 0 unspecified atom stereocenters. The maximum absolute atomic E-state index is 10.1. The van der Waals surface area contributed by atoms with Crippen molar-refractivity contribution in [1.82, 2.24) is 0 Å². The monoisotopic (exact) mass is 370 g/mol. The average Bonchev–Trinajstić information content (AvgIpc) is 2.67. The molecular formula is C21H24NO5+. The van der Waals surface area contributed by atoms with Crippen LogP contribution in [-0.4, -0.2) is 33.1 Å². The molecule has 0 aliphatic carbocycles. The van der Waals surface area contributed by atoms with E-state index >= 15 is 0 Å². The van der Waals surface area contributed by atoms with E-state index in [1.165, 1.54) is 0 Å². The van der Waals surface area contributed by atoms with Crippen LogP contribution in [0, 0.1) is 0 Å². The van der Waals surface area contributed by atoms with E-state index in [2.05, 4.69) is 0 Å². The molecule has 2 aromatic carbocycles. The summed E-state index contributed by atoms with van der Waals surface area (Å²) < 4.78 is 22.9. The fourth-order valence-electron chi connectivity index (χ4n) is 3.20. The third kappa shape index (κ3) is 3.84. The minimum absolute atomic E-state index is 0.556. The second kappa shape index (κ2) is 8.03. The van der Waals surface area contributed by atoms with E-state index in [1.54, 1.807) is 33.7 Å². The van der Waals surface area contributed by atoms with Gasteiger partial charge in [-0.1, -0.05) is 0 Å². The molecule has 0 aliphatic rings. The van der Waals surface area contributed by atoms with Crippen LogP contribution in [0.1, 0.15) is 18.1 Å². The van der Waals surface area contributed by atoms with E-state index in [9.17, 15) is 5.21 Å². The van der Waals surface area contributed by atoms with E-state index in [1.807, 2.05) is 37.3 Å². The number of ether oxygens (including phenoxy) is 4. The quantitative estimate of drug-likeness (QED) is 0.510. The third-order valence-electron chi connectivity index (χ3n) is 4.36. The number of methoxy groups -OCH3 is 3. The number of fused-ring (bicyclic) bond motifs is 1. The summed E-state index contributed by atoms with van der Waals surface area (Å²) in [6.45, 7) is 2.53. The molecule has 3 aromatic rings. The summed E-state index contributed by atoms with van der Waals surface area (Å²) >= 11 is 0. The van der Waals surface area contributed by atoms with Crippen LogP contribution in [0.5, 0.6) is 23.0 Å². The zero-order valence-electron chi connectivity index (χ0n) is 16.0. The number of nitrogens with zero attached hydrogens (tertiary/aromatic N) is 1. The molecule has 1 aromatic heterocycles. The number of rotatable bonds is 7. The van der Waals surface area contributed by atoms with Crippen LogP contribution >= 0.6 is 0 Å². The Kier molecular flexibility index (Phi) is 5.54. The van der Waals surface area contributed by atoms with Crippen LogP contribution in [0.15, 0.2) is 42.7 Å². The van der Waals surface area contributed by atoms with Crippen molar-refractivity contribution in [2.45, 2.75) is 13.3 Å². The molecule has 0 saturated heterocycles. The molecular weight excluding hydrogens is 346 g/mol. The minimum atomic E-state index is 0.556. The Morgan fingerprint density at radius 2 is 1.63 bits per heavy atom. The van der Waals surface area contributed by atoms with Crippen molar-refractivity contribution < 1.29 is 28.9 Å². The largest absolute Gasteiger partial charge is 0.494 e. The Balaban J connectivity index is 2.06. The van der Waals surface area contributed by atoms with Crippen molar-refractivity contribution in [3.8, 4) is 23.0 Å². The van der Waals surface area contributed by atoms with Crippen molar-refractivity contribution >= 4 is 10.8 Å². The van der Waals surface area contributed by atoms with Crippen molar-refractivity contribution in [3.63, 3.8) is 0 Å². The molecule has 0 amide bonds. The number of pyridine rings is 1. The summed E-state index contributed by atoms with van der Waals surface area (Å²) in [6, 6.07) is 9.69. The van der Waals surface area contributed by atoms with Crippen molar-refractivity contribution in [2.24, 2.45) is 0 Å². The van der Waals surface area contributed by atoms with Crippen LogP contribution in [-0.2, 0) is 6.42 Å². The lowest BCUT2D eigenvalue weighted by Crippen LogP contribution is -2.29. The predicted molar refractivity (Wildman–Crippen MR) is 101 cm³/mol. The Hall–Kier alpha value is -3.15. The van der Waals surface area contributed by atoms with Gasteiger partial charge >= 0.3 is 0 Å². The minimum Gasteiger partial charge on any atom is -0.494 e. The first-order chi connectivity index (χ1) is 13.1. The van der Waals surface area contributed by atoms with Gasteiger partial charge in [0.2, 0.25) is 18.1 Å². The second-order valence-corrected chi connectivity index (χ2v) is 6.06. The van der Waals surface area contributed by atoms with Gasteiger partial charge in [0, 0.05) is 16.7 Å². The lowest BCUT2D eigenvalue weighted by molar-refractivity contribution is -0.904. The highest BCUT2D eigenvalue weighted by molar-refractivity contribution is 5.85. The molecule has 6 nitrogen and oxygen atoms in total. The predicted octanol–water partition coefficient (Wildman–Crippen LogP) is 3.38. The van der Waals surface area contributed by atoms with Crippen LogP contribution in [0.3, 0.4) is 0 Å². The Labute approximate surface area is 158 Å². The zero-order valence-corrected chi connectivity index (χ0v) is 16.0. The van der Waals surface area contributed by atoms with E-state index in [4.69, 9.17) is 18.9 Å². The lowest BCUT2D eigenvalue weighted by Gasteiger charge is -2.14. The number of hydrogen-bond donors (Lipinski definition) is 1. The average molecular weight is 370 g/mol. The van der Waals surface area contributed by atoms with Gasteiger partial charge < -0.3 is 18.9 Å². The van der Waals surface area contributed by atoms with Crippen molar-refractivity contribution in [2.75, 3.05) is 27.9 Å². The van der Waals surface area contributed by atoms with Gasteiger partial charge in [-0.05, 0) is 48.2 Å². The smallest absolute Gasteiger partial charge is 0.230 e.